The molecule has 3 N–H and O–H groups in total. The summed E-state index contributed by atoms with van der Waals surface area (Å²) in [6, 6.07) is 10.5. The fourth-order valence-corrected chi connectivity index (χ4v) is 2.51. The molecule has 0 fully saturated rings. The van der Waals surface area contributed by atoms with E-state index < -0.39 is 0 Å². The molecular weight excluding hydrogens is 398 g/mol. The molecule has 6 nitrogen and oxygen atoms in total. The fraction of sp³-hybridized carbons (Fsp3) is 0.211. The van der Waals surface area contributed by atoms with Gasteiger partial charge in [0.1, 0.15) is 5.75 Å². The van der Waals surface area contributed by atoms with Crippen LogP contribution in [0.25, 0.3) is 0 Å². The number of phenols is 1. The molecule has 136 valence electrons. The molecule has 0 aromatic heterocycles. The van der Waals surface area contributed by atoms with Gasteiger partial charge in [-0.25, -0.2) is 5.43 Å². The summed E-state index contributed by atoms with van der Waals surface area (Å²) in [6.45, 7) is 3.97. The topological polar surface area (TPSA) is 90.8 Å². The Morgan fingerprint density at radius 2 is 1.81 bits per heavy atom. The Bertz CT molecular complexity index is 850. The van der Waals surface area contributed by atoms with E-state index in [4.69, 9.17) is 0 Å². The van der Waals surface area contributed by atoms with Crippen molar-refractivity contribution in [1.82, 2.24) is 5.43 Å². The lowest BCUT2D eigenvalue weighted by molar-refractivity contribution is -0.124. The van der Waals surface area contributed by atoms with Crippen molar-refractivity contribution in [1.29, 1.82) is 0 Å². The molecule has 0 radical (unpaired) electrons. The number of carbonyl (C=O) groups is 2. The van der Waals surface area contributed by atoms with E-state index in [-0.39, 0.29) is 30.4 Å². The van der Waals surface area contributed by atoms with E-state index in [1.165, 1.54) is 12.3 Å². The zero-order valence-corrected chi connectivity index (χ0v) is 16.1. The number of carbonyl (C=O) groups excluding carboxylic acids is 2. The molecule has 0 aliphatic carbocycles. The first-order valence-electron chi connectivity index (χ1n) is 8.02. The average Bonchev–Trinajstić information content (AvgIpc) is 2.59. The van der Waals surface area contributed by atoms with Crippen molar-refractivity contribution in [3.05, 3.63) is 57.6 Å². The molecule has 0 aliphatic heterocycles. The minimum Gasteiger partial charge on any atom is -0.507 e. The maximum Gasteiger partial charge on any atom is 0.240 e. The standard InChI is InChI=1S/C19H20BrN3O3/c1-12-3-5-16(9-13(12)2)22-18(25)7-8-19(26)23-21-11-14-10-15(20)4-6-17(14)24/h3-6,9-11,24H,7-8H2,1-2H3,(H,22,25)(H,23,26)/b21-11+. The fourth-order valence-electron chi connectivity index (χ4n) is 2.13. The lowest BCUT2D eigenvalue weighted by Gasteiger charge is -2.07. The molecule has 0 spiro atoms. The quantitative estimate of drug-likeness (QED) is 0.494. The second-order valence-electron chi connectivity index (χ2n) is 5.84. The number of aromatic hydroxyl groups is 1. The molecule has 2 amide bonds. The molecule has 2 aromatic rings. The predicted molar refractivity (Wildman–Crippen MR) is 105 cm³/mol. The Morgan fingerprint density at radius 1 is 1.08 bits per heavy atom. The molecule has 0 aliphatic rings. The molecule has 7 heteroatoms. The van der Waals surface area contributed by atoms with Gasteiger partial charge in [0.15, 0.2) is 0 Å². The number of benzene rings is 2. The number of phenolic OH excluding ortho intramolecular Hbond substituents is 1. The Hall–Kier alpha value is -2.67. The SMILES string of the molecule is Cc1ccc(NC(=O)CCC(=O)N/N=C/c2cc(Br)ccc2O)cc1C. The molecule has 0 saturated heterocycles. The van der Waals surface area contributed by atoms with Crippen LogP contribution in [0, 0.1) is 13.8 Å². The van der Waals surface area contributed by atoms with Gasteiger partial charge < -0.3 is 10.4 Å². The summed E-state index contributed by atoms with van der Waals surface area (Å²) >= 11 is 3.29. The van der Waals surface area contributed by atoms with Crippen molar-refractivity contribution in [2.75, 3.05) is 5.32 Å². The van der Waals surface area contributed by atoms with Gasteiger partial charge in [-0.05, 0) is 55.3 Å². The first-order valence-corrected chi connectivity index (χ1v) is 8.82. The van der Waals surface area contributed by atoms with Crippen LogP contribution in [0.15, 0.2) is 46.0 Å². The largest absolute Gasteiger partial charge is 0.507 e. The summed E-state index contributed by atoms with van der Waals surface area (Å²) < 4.78 is 0.783. The van der Waals surface area contributed by atoms with Gasteiger partial charge in [0.2, 0.25) is 11.8 Å². The number of rotatable bonds is 6. The first kappa shape index (κ1) is 19.7. The van der Waals surface area contributed by atoms with Crippen LogP contribution in [-0.4, -0.2) is 23.1 Å². The van der Waals surface area contributed by atoms with E-state index in [0.29, 0.717) is 11.3 Å². The number of aryl methyl sites for hydroxylation is 2. The van der Waals surface area contributed by atoms with Crippen LogP contribution in [0.5, 0.6) is 5.75 Å². The number of amides is 2. The highest BCUT2D eigenvalue weighted by Crippen LogP contribution is 2.20. The predicted octanol–water partition coefficient (Wildman–Crippen LogP) is 3.64. The maximum atomic E-state index is 11.9. The van der Waals surface area contributed by atoms with Gasteiger partial charge in [-0.3, -0.25) is 9.59 Å². The Kier molecular flexibility index (Phi) is 6.91. The van der Waals surface area contributed by atoms with Gasteiger partial charge in [0.05, 0.1) is 6.21 Å². The van der Waals surface area contributed by atoms with Crippen LogP contribution in [-0.2, 0) is 9.59 Å². The second kappa shape index (κ2) is 9.15. The van der Waals surface area contributed by atoms with Crippen LogP contribution in [0.4, 0.5) is 5.69 Å². The van der Waals surface area contributed by atoms with Crippen molar-refractivity contribution >= 4 is 39.6 Å². The normalized spacial score (nSPS) is 10.7. The number of halogens is 1. The van der Waals surface area contributed by atoms with Crippen LogP contribution >= 0.6 is 15.9 Å². The third-order valence-corrected chi connectivity index (χ3v) is 4.25. The minimum absolute atomic E-state index is 0.0124. The third-order valence-electron chi connectivity index (χ3n) is 3.75. The monoisotopic (exact) mass is 417 g/mol. The number of hydrazone groups is 1. The number of hydrogen-bond acceptors (Lipinski definition) is 4. The van der Waals surface area contributed by atoms with Gasteiger partial charge in [0.25, 0.3) is 0 Å². The summed E-state index contributed by atoms with van der Waals surface area (Å²) in [6.07, 6.45) is 1.40. The van der Waals surface area contributed by atoms with Crippen LogP contribution < -0.4 is 10.7 Å². The smallest absolute Gasteiger partial charge is 0.240 e. The second-order valence-corrected chi connectivity index (χ2v) is 6.76. The van der Waals surface area contributed by atoms with Gasteiger partial charge in [-0.2, -0.15) is 5.10 Å². The molecule has 2 aromatic carbocycles. The van der Waals surface area contributed by atoms with Gasteiger partial charge in [-0.1, -0.05) is 22.0 Å². The molecule has 0 unspecified atom stereocenters. The summed E-state index contributed by atoms with van der Waals surface area (Å²) in [4.78, 5) is 23.7. The summed E-state index contributed by atoms with van der Waals surface area (Å²) in [7, 11) is 0. The molecule has 0 heterocycles. The van der Waals surface area contributed by atoms with E-state index in [1.807, 2.05) is 32.0 Å². The minimum atomic E-state index is -0.383. The van der Waals surface area contributed by atoms with E-state index in [2.05, 4.69) is 31.8 Å². The van der Waals surface area contributed by atoms with Crippen LogP contribution in [0.3, 0.4) is 0 Å². The van der Waals surface area contributed by atoms with Crippen molar-refractivity contribution in [3.8, 4) is 5.75 Å². The lowest BCUT2D eigenvalue weighted by Crippen LogP contribution is -2.20. The molecule has 0 bridgehead atoms. The van der Waals surface area contributed by atoms with Crippen LogP contribution in [0.2, 0.25) is 0 Å². The maximum absolute atomic E-state index is 11.9. The Balaban J connectivity index is 1.79. The number of nitrogens with zero attached hydrogens (tertiary/aromatic N) is 1. The summed E-state index contributed by atoms with van der Waals surface area (Å²) in [5, 5.41) is 16.2. The zero-order valence-electron chi connectivity index (χ0n) is 14.5. The van der Waals surface area contributed by atoms with Crippen molar-refractivity contribution in [2.24, 2.45) is 5.10 Å². The van der Waals surface area contributed by atoms with E-state index >= 15 is 0 Å². The Morgan fingerprint density at radius 3 is 2.54 bits per heavy atom. The van der Waals surface area contributed by atoms with E-state index in [9.17, 15) is 14.7 Å². The average molecular weight is 418 g/mol. The van der Waals surface area contributed by atoms with Crippen molar-refractivity contribution < 1.29 is 14.7 Å². The van der Waals surface area contributed by atoms with Gasteiger partial charge in [-0.15, -0.1) is 0 Å². The van der Waals surface area contributed by atoms with Crippen molar-refractivity contribution in [3.63, 3.8) is 0 Å². The Labute approximate surface area is 160 Å². The summed E-state index contributed by atoms with van der Waals surface area (Å²) in [5.41, 5.74) is 5.75. The highest BCUT2D eigenvalue weighted by atomic mass is 79.9. The summed E-state index contributed by atoms with van der Waals surface area (Å²) in [5.74, 6) is -0.568. The van der Waals surface area contributed by atoms with Crippen molar-refractivity contribution in [2.45, 2.75) is 26.7 Å². The molecule has 0 atom stereocenters. The molecule has 26 heavy (non-hydrogen) atoms. The highest BCUT2D eigenvalue weighted by molar-refractivity contribution is 9.10. The first-order chi connectivity index (χ1) is 12.3. The van der Waals surface area contributed by atoms with Crippen LogP contribution in [0.1, 0.15) is 29.5 Å². The molecular formula is C19H20BrN3O3. The molecule has 2 rings (SSSR count). The number of hydrogen-bond donors (Lipinski definition) is 3. The van der Waals surface area contributed by atoms with Gasteiger partial charge in [0, 0.05) is 28.6 Å². The highest BCUT2D eigenvalue weighted by Gasteiger charge is 2.07. The number of nitrogens with one attached hydrogen (secondary N) is 2. The van der Waals surface area contributed by atoms with E-state index in [1.54, 1.807) is 12.1 Å². The van der Waals surface area contributed by atoms with Gasteiger partial charge >= 0.3 is 0 Å². The molecule has 0 saturated carbocycles. The lowest BCUT2D eigenvalue weighted by atomic mass is 10.1. The zero-order chi connectivity index (χ0) is 19.1. The number of anilines is 1. The van der Waals surface area contributed by atoms with E-state index in [0.717, 1.165) is 15.6 Å². The third kappa shape index (κ3) is 6.00.